The summed E-state index contributed by atoms with van der Waals surface area (Å²) in [5.41, 5.74) is 3.75. The number of hydrogen-bond acceptors (Lipinski definition) is 7. The molecule has 0 aliphatic heterocycles. The third-order valence-corrected chi connectivity index (χ3v) is 7.95. The summed E-state index contributed by atoms with van der Waals surface area (Å²) in [6.45, 7) is 0. The largest absolute Gasteiger partial charge is 0.340 e. The van der Waals surface area contributed by atoms with Crippen LogP contribution >= 0.6 is 22.7 Å². The second kappa shape index (κ2) is 8.09. The Hall–Kier alpha value is -3.56. The molecule has 1 aliphatic carbocycles. The van der Waals surface area contributed by atoms with Crippen molar-refractivity contribution in [3.05, 3.63) is 75.0 Å². The third-order valence-electron chi connectivity index (χ3n) is 5.94. The van der Waals surface area contributed by atoms with E-state index in [0.29, 0.717) is 6.42 Å². The number of amides is 1. The number of carbonyl (C=O) groups excluding carboxylic acids is 1. The van der Waals surface area contributed by atoms with Crippen LogP contribution in [0.1, 0.15) is 16.9 Å². The van der Waals surface area contributed by atoms with E-state index in [0.717, 1.165) is 50.5 Å². The van der Waals surface area contributed by atoms with Crippen molar-refractivity contribution in [2.75, 3.05) is 10.6 Å². The zero-order valence-corrected chi connectivity index (χ0v) is 19.1. The van der Waals surface area contributed by atoms with Gasteiger partial charge >= 0.3 is 4.87 Å². The van der Waals surface area contributed by atoms with E-state index in [-0.39, 0.29) is 16.7 Å². The number of thiophene rings is 1. The van der Waals surface area contributed by atoms with Crippen molar-refractivity contribution in [2.45, 2.75) is 19.3 Å². The fourth-order valence-corrected chi connectivity index (χ4v) is 6.40. The van der Waals surface area contributed by atoms with Gasteiger partial charge in [-0.25, -0.2) is 9.97 Å². The van der Waals surface area contributed by atoms with E-state index in [9.17, 15) is 9.59 Å². The zero-order chi connectivity index (χ0) is 22.4. The highest BCUT2D eigenvalue weighted by molar-refractivity contribution is 7.19. The molecule has 7 nitrogen and oxygen atoms in total. The highest BCUT2D eigenvalue weighted by atomic mass is 32.1. The predicted molar refractivity (Wildman–Crippen MR) is 134 cm³/mol. The molecule has 0 saturated carbocycles. The molecular weight excluding hydrogens is 454 g/mol. The standard InChI is InChI=1S/C24H19N5O2S2/c30-22(28-14-4-2-1-3-5-14)13-6-8-16-18(10-13)32-23-20(16)21(25-12-26-23)27-15-7-9-17-19(11-15)33-24(31)29-17/h1-5,7,9,11-13H,6,8,10H2,(H,28,30)(H,29,31)(H,25,26,27). The molecule has 0 spiro atoms. The number of nitrogens with one attached hydrogen (secondary N) is 3. The molecule has 6 rings (SSSR count). The van der Waals surface area contributed by atoms with Gasteiger partial charge in [0.1, 0.15) is 17.0 Å². The van der Waals surface area contributed by atoms with Crippen molar-refractivity contribution in [2.24, 2.45) is 5.92 Å². The van der Waals surface area contributed by atoms with Gasteiger partial charge in [-0.3, -0.25) is 9.59 Å². The summed E-state index contributed by atoms with van der Waals surface area (Å²) in [7, 11) is 0. The Balaban J connectivity index is 1.28. The lowest BCUT2D eigenvalue weighted by molar-refractivity contribution is -0.120. The molecule has 5 aromatic rings. The Labute approximate surface area is 196 Å². The third kappa shape index (κ3) is 3.79. The van der Waals surface area contributed by atoms with E-state index in [1.807, 2.05) is 48.5 Å². The van der Waals surface area contributed by atoms with E-state index in [4.69, 9.17) is 0 Å². The summed E-state index contributed by atoms with van der Waals surface area (Å²) in [5.74, 6) is 0.758. The van der Waals surface area contributed by atoms with Crippen LogP contribution in [-0.4, -0.2) is 20.9 Å². The van der Waals surface area contributed by atoms with Gasteiger partial charge in [0.25, 0.3) is 0 Å². The summed E-state index contributed by atoms with van der Waals surface area (Å²) in [4.78, 5) is 38.4. The number of thiazole rings is 1. The number of nitrogens with zero attached hydrogens (tertiary/aromatic N) is 2. The van der Waals surface area contributed by atoms with Crippen molar-refractivity contribution in [3.63, 3.8) is 0 Å². The van der Waals surface area contributed by atoms with Gasteiger partial charge in [0, 0.05) is 22.2 Å². The first-order chi connectivity index (χ1) is 16.1. The normalized spacial score (nSPS) is 15.5. The Morgan fingerprint density at radius 2 is 1.94 bits per heavy atom. The van der Waals surface area contributed by atoms with Gasteiger partial charge in [0.05, 0.1) is 15.6 Å². The maximum absolute atomic E-state index is 12.8. The molecule has 0 radical (unpaired) electrons. The summed E-state index contributed by atoms with van der Waals surface area (Å²) in [6, 6.07) is 15.4. The molecule has 1 unspecified atom stereocenters. The Bertz CT molecular complexity index is 1550. The van der Waals surface area contributed by atoms with E-state index in [1.54, 1.807) is 17.7 Å². The fourth-order valence-electron chi connectivity index (χ4n) is 4.35. The van der Waals surface area contributed by atoms with Crippen LogP contribution in [0, 0.1) is 5.92 Å². The number of aromatic nitrogens is 3. The summed E-state index contributed by atoms with van der Waals surface area (Å²) < 4.78 is 0.898. The van der Waals surface area contributed by atoms with Crippen molar-refractivity contribution in [1.82, 2.24) is 15.0 Å². The van der Waals surface area contributed by atoms with Gasteiger partial charge in [0.15, 0.2) is 0 Å². The van der Waals surface area contributed by atoms with Crippen LogP contribution in [0.4, 0.5) is 17.2 Å². The van der Waals surface area contributed by atoms with Gasteiger partial charge in [-0.15, -0.1) is 11.3 Å². The highest BCUT2D eigenvalue weighted by Crippen LogP contribution is 2.40. The first-order valence-electron chi connectivity index (χ1n) is 10.6. The van der Waals surface area contributed by atoms with E-state index in [2.05, 4.69) is 25.6 Å². The molecule has 0 saturated heterocycles. The van der Waals surface area contributed by atoms with Gasteiger partial charge in [0.2, 0.25) is 5.91 Å². The molecule has 1 aliphatic rings. The summed E-state index contributed by atoms with van der Waals surface area (Å²) >= 11 is 2.83. The minimum atomic E-state index is -0.0654. The lowest BCUT2D eigenvalue weighted by Gasteiger charge is -2.22. The number of fused-ring (bicyclic) bond motifs is 4. The van der Waals surface area contributed by atoms with Crippen LogP contribution in [-0.2, 0) is 17.6 Å². The number of aromatic amines is 1. The molecule has 3 aromatic heterocycles. The monoisotopic (exact) mass is 473 g/mol. The second-order valence-corrected chi connectivity index (χ2v) is 10.2. The van der Waals surface area contributed by atoms with Gasteiger partial charge in [-0.1, -0.05) is 29.5 Å². The first-order valence-corrected chi connectivity index (χ1v) is 12.3. The van der Waals surface area contributed by atoms with E-state index < -0.39 is 0 Å². The van der Waals surface area contributed by atoms with Crippen LogP contribution < -0.4 is 15.5 Å². The minimum absolute atomic E-state index is 0.0612. The molecule has 3 heterocycles. The van der Waals surface area contributed by atoms with Crippen LogP contribution in [0.3, 0.4) is 0 Å². The minimum Gasteiger partial charge on any atom is -0.340 e. The maximum Gasteiger partial charge on any atom is 0.305 e. The number of H-pyrrole nitrogens is 1. The lowest BCUT2D eigenvalue weighted by Crippen LogP contribution is -2.27. The smallest absolute Gasteiger partial charge is 0.305 e. The number of para-hydroxylation sites is 1. The molecule has 1 atom stereocenters. The second-order valence-electron chi connectivity index (χ2n) is 8.05. The molecule has 1 amide bonds. The van der Waals surface area contributed by atoms with Crippen molar-refractivity contribution in [3.8, 4) is 0 Å². The first kappa shape index (κ1) is 20.1. The highest BCUT2D eigenvalue weighted by Gasteiger charge is 2.29. The maximum atomic E-state index is 12.8. The number of aryl methyl sites for hydroxylation is 1. The molecule has 33 heavy (non-hydrogen) atoms. The van der Waals surface area contributed by atoms with Crippen LogP contribution in [0.2, 0.25) is 0 Å². The molecule has 0 bridgehead atoms. The van der Waals surface area contributed by atoms with Gasteiger partial charge < -0.3 is 15.6 Å². The Morgan fingerprint density at radius 3 is 2.82 bits per heavy atom. The Kier molecular flexibility index (Phi) is 4.92. The molecule has 164 valence electrons. The van der Waals surface area contributed by atoms with E-state index in [1.165, 1.54) is 21.8 Å². The van der Waals surface area contributed by atoms with Crippen LogP contribution in [0.25, 0.3) is 20.4 Å². The van der Waals surface area contributed by atoms with E-state index >= 15 is 0 Å². The predicted octanol–water partition coefficient (Wildman–Crippen LogP) is 5.08. The topological polar surface area (TPSA) is 99.8 Å². The quantitative estimate of drug-likeness (QED) is 0.338. The fraction of sp³-hybridized carbons (Fsp3) is 0.167. The number of benzene rings is 2. The number of hydrogen-bond donors (Lipinski definition) is 3. The molecule has 0 fully saturated rings. The van der Waals surface area contributed by atoms with Crippen molar-refractivity contribution in [1.29, 1.82) is 0 Å². The van der Waals surface area contributed by atoms with Crippen LogP contribution in [0.15, 0.2) is 59.7 Å². The summed E-state index contributed by atoms with van der Waals surface area (Å²) in [5, 5.41) is 7.49. The molecule has 9 heteroatoms. The lowest BCUT2D eigenvalue weighted by atomic mass is 9.87. The zero-order valence-electron chi connectivity index (χ0n) is 17.4. The number of carbonyl (C=O) groups is 1. The van der Waals surface area contributed by atoms with Gasteiger partial charge in [-0.2, -0.15) is 0 Å². The van der Waals surface area contributed by atoms with Gasteiger partial charge in [-0.05, 0) is 55.2 Å². The van der Waals surface area contributed by atoms with Crippen LogP contribution in [0.5, 0.6) is 0 Å². The number of anilines is 3. The SMILES string of the molecule is O=C(Nc1ccccc1)C1CCc2c(sc3ncnc(Nc4ccc5[nH]c(=O)sc5c4)c23)C1. The average Bonchev–Trinajstić information content (AvgIpc) is 3.38. The molecular formula is C24H19N5O2S2. The molecule has 3 N–H and O–H groups in total. The summed E-state index contributed by atoms with van der Waals surface area (Å²) in [6.07, 6.45) is 3.87. The Morgan fingerprint density at radius 1 is 1.06 bits per heavy atom. The molecule has 2 aromatic carbocycles. The number of rotatable bonds is 4. The average molecular weight is 474 g/mol. The van der Waals surface area contributed by atoms with Crippen molar-refractivity contribution < 1.29 is 4.79 Å². The van der Waals surface area contributed by atoms with Crippen molar-refractivity contribution >= 4 is 66.2 Å².